The van der Waals surface area contributed by atoms with E-state index >= 15 is 0 Å². The first-order valence-electron chi connectivity index (χ1n) is 5.30. The molecule has 0 unspecified atom stereocenters. The van der Waals surface area contributed by atoms with Crippen LogP contribution < -0.4 is 5.32 Å². The predicted molar refractivity (Wildman–Crippen MR) is 71.0 cm³/mol. The van der Waals surface area contributed by atoms with E-state index in [0.717, 1.165) is 17.3 Å². The summed E-state index contributed by atoms with van der Waals surface area (Å²) >= 11 is 9.29. The summed E-state index contributed by atoms with van der Waals surface area (Å²) in [6, 6.07) is 5.43. The molecule has 2 nitrogen and oxygen atoms in total. The standard InChI is InChI=1S/C12H15BrClNO/c1-3-4-8(2)15-12(16)10-7-9(13)5-6-11(10)14/h5-8H,3-4H2,1-2H3,(H,15,16)/t8-/m1/s1. The number of amides is 1. The Kier molecular flexibility index (Phi) is 5.29. The quantitative estimate of drug-likeness (QED) is 0.894. The molecular formula is C12H15BrClNO. The Morgan fingerprint density at radius 2 is 2.25 bits per heavy atom. The number of carbonyl (C=O) groups excluding carboxylic acids is 1. The molecule has 4 heteroatoms. The maximum Gasteiger partial charge on any atom is 0.253 e. The van der Waals surface area contributed by atoms with Gasteiger partial charge in [-0.25, -0.2) is 0 Å². The fourth-order valence-corrected chi connectivity index (χ4v) is 2.04. The highest BCUT2D eigenvalue weighted by molar-refractivity contribution is 9.10. The van der Waals surface area contributed by atoms with Crippen LogP contribution in [0, 0.1) is 0 Å². The number of benzene rings is 1. The highest BCUT2D eigenvalue weighted by Crippen LogP contribution is 2.21. The molecule has 0 spiro atoms. The minimum atomic E-state index is -0.118. The van der Waals surface area contributed by atoms with Crippen molar-refractivity contribution in [3.8, 4) is 0 Å². The molecule has 88 valence electrons. The van der Waals surface area contributed by atoms with Crippen LogP contribution in [0.5, 0.6) is 0 Å². The third-order valence-corrected chi connectivity index (χ3v) is 3.10. The largest absolute Gasteiger partial charge is 0.350 e. The van der Waals surface area contributed by atoms with Crippen LogP contribution in [-0.2, 0) is 0 Å². The Morgan fingerprint density at radius 3 is 2.88 bits per heavy atom. The molecule has 1 rings (SSSR count). The molecule has 1 aromatic rings. The number of carbonyl (C=O) groups is 1. The molecule has 1 aromatic carbocycles. The van der Waals surface area contributed by atoms with Crippen LogP contribution in [0.25, 0.3) is 0 Å². The van der Waals surface area contributed by atoms with Gasteiger partial charge in [-0.1, -0.05) is 40.9 Å². The highest BCUT2D eigenvalue weighted by Gasteiger charge is 2.12. The van der Waals surface area contributed by atoms with Crippen molar-refractivity contribution in [1.82, 2.24) is 5.32 Å². The zero-order chi connectivity index (χ0) is 12.1. The van der Waals surface area contributed by atoms with Crippen LogP contribution in [0.1, 0.15) is 37.0 Å². The van der Waals surface area contributed by atoms with Gasteiger partial charge in [0, 0.05) is 10.5 Å². The SMILES string of the molecule is CCC[C@@H](C)NC(=O)c1cc(Br)ccc1Cl. The third-order valence-electron chi connectivity index (χ3n) is 2.27. The first kappa shape index (κ1) is 13.5. The van der Waals surface area contributed by atoms with Crippen LogP contribution in [-0.4, -0.2) is 11.9 Å². The third kappa shape index (κ3) is 3.80. The lowest BCUT2D eigenvalue weighted by molar-refractivity contribution is 0.0938. The van der Waals surface area contributed by atoms with Crippen molar-refractivity contribution < 1.29 is 4.79 Å². The van der Waals surface area contributed by atoms with Gasteiger partial charge in [0.05, 0.1) is 10.6 Å². The molecule has 1 atom stereocenters. The topological polar surface area (TPSA) is 29.1 Å². The molecule has 0 radical (unpaired) electrons. The Morgan fingerprint density at radius 1 is 1.56 bits per heavy atom. The fraction of sp³-hybridized carbons (Fsp3) is 0.417. The van der Waals surface area contributed by atoms with Crippen molar-refractivity contribution in [3.63, 3.8) is 0 Å². The number of halogens is 2. The molecule has 0 aliphatic heterocycles. The molecular weight excluding hydrogens is 289 g/mol. The van der Waals surface area contributed by atoms with Gasteiger partial charge in [0.1, 0.15) is 0 Å². The summed E-state index contributed by atoms with van der Waals surface area (Å²) in [5.41, 5.74) is 0.513. The lowest BCUT2D eigenvalue weighted by Crippen LogP contribution is -2.32. The second-order valence-corrected chi connectivity index (χ2v) is 5.11. The van der Waals surface area contributed by atoms with Gasteiger partial charge < -0.3 is 5.32 Å². The van der Waals surface area contributed by atoms with E-state index in [1.807, 2.05) is 13.0 Å². The van der Waals surface area contributed by atoms with Crippen molar-refractivity contribution >= 4 is 33.4 Å². The number of hydrogen-bond donors (Lipinski definition) is 1. The van der Waals surface area contributed by atoms with Crippen molar-refractivity contribution in [2.45, 2.75) is 32.7 Å². The van der Waals surface area contributed by atoms with Crippen LogP contribution in [0.2, 0.25) is 5.02 Å². The summed E-state index contributed by atoms with van der Waals surface area (Å²) in [6.07, 6.45) is 2.02. The van der Waals surface area contributed by atoms with E-state index in [-0.39, 0.29) is 11.9 Å². The van der Waals surface area contributed by atoms with Crippen molar-refractivity contribution in [2.75, 3.05) is 0 Å². The summed E-state index contributed by atoms with van der Waals surface area (Å²) in [5, 5.41) is 3.40. The Bertz CT molecular complexity index is 381. The molecule has 0 aliphatic rings. The minimum Gasteiger partial charge on any atom is -0.350 e. The van der Waals surface area contributed by atoms with Gasteiger partial charge in [0.15, 0.2) is 0 Å². The first-order chi connectivity index (χ1) is 7.54. The normalized spacial score (nSPS) is 12.2. The number of rotatable bonds is 4. The number of hydrogen-bond acceptors (Lipinski definition) is 1. The smallest absolute Gasteiger partial charge is 0.253 e. The van der Waals surface area contributed by atoms with E-state index in [0.29, 0.717) is 10.6 Å². The number of nitrogens with one attached hydrogen (secondary N) is 1. The molecule has 0 heterocycles. The minimum absolute atomic E-state index is 0.118. The van der Waals surface area contributed by atoms with Crippen molar-refractivity contribution in [1.29, 1.82) is 0 Å². The second kappa shape index (κ2) is 6.26. The van der Waals surface area contributed by atoms with E-state index in [1.54, 1.807) is 12.1 Å². The van der Waals surface area contributed by atoms with Crippen LogP contribution in [0.15, 0.2) is 22.7 Å². The Labute approximate surface area is 110 Å². The summed E-state index contributed by atoms with van der Waals surface area (Å²) in [7, 11) is 0. The lowest BCUT2D eigenvalue weighted by Gasteiger charge is -2.13. The van der Waals surface area contributed by atoms with Crippen LogP contribution >= 0.6 is 27.5 Å². The zero-order valence-electron chi connectivity index (χ0n) is 9.39. The Balaban J connectivity index is 2.76. The van der Waals surface area contributed by atoms with Gasteiger partial charge in [-0.3, -0.25) is 4.79 Å². The van der Waals surface area contributed by atoms with E-state index < -0.39 is 0 Å². The molecule has 0 aliphatic carbocycles. The monoisotopic (exact) mass is 303 g/mol. The molecule has 0 aromatic heterocycles. The molecule has 0 saturated heterocycles. The molecule has 16 heavy (non-hydrogen) atoms. The molecule has 1 amide bonds. The fourth-order valence-electron chi connectivity index (χ4n) is 1.48. The van der Waals surface area contributed by atoms with E-state index in [9.17, 15) is 4.79 Å². The second-order valence-electron chi connectivity index (χ2n) is 3.79. The van der Waals surface area contributed by atoms with Crippen LogP contribution in [0.4, 0.5) is 0 Å². The van der Waals surface area contributed by atoms with Gasteiger partial charge in [0.25, 0.3) is 5.91 Å². The van der Waals surface area contributed by atoms with E-state index in [4.69, 9.17) is 11.6 Å². The summed E-state index contributed by atoms with van der Waals surface area (Å²) in [6.45, 7) is 4.09. The maximum atomic E-state index is 11.9. The Hall–Kier alpha value is -0.540. The van der Waals surface area contributed by atoms with E-state index in [2.05, 4.69) is 28.2 Å². The predicted octanol–water partition coefficient (Wildman–Crippen LogP) is 4.02. The van der Waals surface area contributed by atoms with Gasteiger partial charge in [-0.15, -0.1) is 0 Å². The summed E-state index contributed by atoms with van der Waals surface area (Å²) in [5.74, 6) is -0.118. The molecule has 0 fully saturated rings. The molecule has 1 N–H and O–H groups in total. The van der Waals surface area contributed by atoms with Crippen molar-refractivity contribution in [2.24, 2.45) is 0 Å². The van der Waals surface area contributed by atoms with Gasteiger partial charge >= 0.3 is 0 Å². The maximum absolute atomic E-state index is 11.9. The van der Waals surface area contributed by atoms with Gasteiger partial charge in [-0.2, -0.15) is 0 Å². The lowest BCUT2D eigenvalue weighted by atomic mass is 10.1. The average Bonchev–Trinajstić information content (AvgIpc) is 2.21. The van der Waals surface area contributed by atoms with Gasteiger partial charge in [-0.05, 0) is 31.5 Å². The van der Waals surface area contributed by atoms with E-state index in [1.165, 1.54) is 0 Å². The molecule has 0 bridgehead atoms. The summed E-state index contributed by atoms with van der Waals surface area (Å²) in [4.78, 5) is 11.9. The van der Waals surface area contributed by atoms with Gasteiger partial charge in [0.2, 0.25) is 0 Å². The zero-order valence-corrected chi connectivity index (χ0v) is 11.7. The first-order valence-corrected chi connectivity index (χ1v) is 6.47. The highest BCUT2D eigenvalue weighted by atomic mass is 79.9. The van der Waals surface area contributed by atoms with Crippen LogP contribution in [0.3, 0.4) is 0 Å². The molecule has 0 saturated carbocycles. The average molecular weight is 305 g/mol. The van der Waals surface area contributed by atoms with Crippen molar-refractivity contribution in [3.05, 3.63) is 33.3 Å². The summed E-state index contributed by atoms with van der Waals surface area (Å²) < 4.78 is 0.852.